The van der Waals surface area contributed by atoms with Crippen molar-refractivity contribution in [2.75, 3.05) is 51.8 Å². The van der Waals surface area contributed by atoms with E-state index in [0.29, 0.717) is 13.1 Å². The second kappa shape index (κ2) is 12.7. The fraction of sp³-hybridized carbons (Fsp3) is 0.478. The van der Waals surface area contributed by atoms with Gasteiger partial charge in [0.15, 0.2) is 5.96 Å². The van der Waals surface area contributed by atoms with Crippen LogP contribution >= 0.6 is 24.0 Å². The summed E-state index contributed by atoms with van der Waals surface area (Å²) < 4.78 is 5.49. The van der Waals surface area contributed by atoms with Crippen LogP contribution in [0.15, 0.2) is 41.5 Å². The van der Waals surface area contributed by atoms with Gasteiger partial charge in [0.1, 0.15) is 11.6 Å². The van der Waals surface area contributed by atoms with E-state index in [1.54, 1.807) is 14.2 Å². The van der Waals surface area contributed by atoms with E-state index in [9.17, 15) is 0 Å². The Kier molecular flexibility index (Phi) is 10.3. The minimum absolute atomic E-state index is 0. The summed E-state index contributed by atoms with van der Waals surface area (Å²) in [6.45, 7) is 11.0. The summed E-state index contributed by atoms with van der Waals surface area (Å²) >= 11 is 0. The molecule has 1 aliphatic heterocycles. The lowest BCUT2D eigenvalue weighted by molar-refractivity contribution is 0.270. The highest BCUT2D eigenvalue weighted by atomic mass is 127. The lowest BCUT2D eigenvalue weighted by Crippen LogP contribution is -2.46. The van der Waals surface area contributed by atoms with Crippen LogP contribution in [0.4, 0.5) is 5.82 Å². The number of guanidine groups is 1. The number of benzene rings is 1. The molecule has 1 aliphatic rings. The van der Waals surface area contributed by atoms with Crippen molar-refractivity contribution >= 4 is 35.8 Å². The van der Waals surface area contributed by atoms with Gasteiger partial charge in [-0.2, -0.15) is 0 Å². The van der Waals surface area contributed by atoms with Crippen molar-refractivity contribution < 1.29 is 4.74 Å². The Labute approximate surface area is 203 Å². The molecule has 0 amide bonds. The van der Waals surface area contributed by atoms with Crippen LogP contribution in [-0.4, -0.2) is 62.7 Å². The van der Waals surface area contributed by atoms with Crippen molar-refractivity contribution in [3.63, 3.8) is 0 Å². The van der Waals surface area contributed by atoms with E-state index in [-0.39, 0.29) is 24.0 Å². The van der Waals surface area contributed by atoms with Gasteiger partial charge in [-0.05, 0) is 42.8 Å². The Bertz CT molecular complexity index is 852. The molecule has 2 heterocycles. The van der Waals surface area contributed by atoms with E-state index in [2.05, 4.69) is 68.5 Å². The Morgan fingerprint density at radius 2 is 1.84 bits per heavy atom. The number of aliphatic imine (C=N–C) groups is 1. The summed E-state index contributed by atoms with van der Waals surface area (Å²) in [5.74, 6) is 2.70. The molecule has 0 saturated carbocycles. The van der Waals surface area contributed by atoms with E-state index >= 15 is 0 Å². The molecular formula is C23H35IN6O. The zero-order valence-corrected chi connectivity index (χ0v) is 21.3. The Hall–Kier alpha value is -2.07. The maximum absolute atomic E-state index is 5.49. The quantitative estimate of drug-likeness (QED) is 0.321. The molecule has 0 radical (unpaired) electrons. The third-order valence-corrected chi connectivity index (χ3v) is 5.53. The topological polar surface area (TPSA) is 65.0 Å². The minimum Gasteiger partial charge on any atom is -0.496 e. The number of pyridine rings is 1. The molecule has 7 nitrogen and oxygen atoms in total. The highest BCUT2D eigenvalue weighted by Gasteiger charge is 2.16. The summed E-state index contributed by atoms with van der Waals surface area (Å²) in [6.07, 6.45) is 1.89. The number of rotatable bonds is 7. The number of nitrogens with one attached hydrogen (secondary N) is 2. The van der Waals surface area contributed by atoms with Crippen LogP contribution in [0.25, 0.3) is 0 Å². The maximum Gasteiger partial charge on any atom is 0.191 e. The molecule has 1 saturated heterocycles. The Morgan fingerprint density at radius 1 is 1.10 bits per heavy atom. The Morgan fingerprint density at radius 3 is 2.52 bits per heavy atom. The van der Waals surface area contributed by atoms with Gasteiger partial charge in [-0.15, -0.1) is 24.0 Å². The first-order chi connectivity index (χ1) is 14.6. The number of methoxy groups -OCH3 is 1. The van der Waals surface area contributed by atoms with Gasteiger partial charge in [0.05, 0.1) is 7.11 Å². The van der Waals surface area contributed by atoms with E-state index < -0.39 is 0 Å². The molecule has 1 aromatic heterocycles. The zero-order valence-electron chi connectivity index (χ0n) is 19.0. The average Bonchev–Trinajstić information content (AvgIpc) is 2.80. The second-order valence-electron chi connectivity index (χ2n) is 7.54. The number of nitrogens with zero attached hydrogens (tertiary/aromatic N) is 4. The fourth-order valence-corrected chi connectivity index (χ4v) is 3.62. The summed E-state index contributed by atoms with van der Waals surface area (Å²) in [5.41, 5.74) is 3.47. The number of hydrogen-bond acceptors (Lipinski definition) is 5. The van der Waals surface area contributed by atoms with E-state index in [1.165, 1.54) is 11.1 Å². The zero-order chi connectivity index (χ0) is 21.3. The maximum atomic E-state index is 5.49. The SMILES string of the molecule is CCN1CCN(c2cc(CNC(=NC)NCc3ccc(C)cc3OC)ccn2)CC1.I. The first kappa shape index (κ1) is 25.2. The van der Waals surface area contributed by atoms with Gasteiger partial charge in [-0.3, -0.25) is 4.99 Å². The van der Waals surface area contributed by atoms with Crippen molar-refractivity contribution in [1.82, 2.24) is 20.5 Å². The number of piperazine rings is 1. The van der Waals surface area contributed by atoms with Crippen LogP contribution in [0.1, 0.15) is 23.6 Å². The number of anilines is 1. The standard InChI is InChI=1S/C23H34N6O.HI/c1-5-28-10-12-29(13-11-28)22-15-19(8-9-25-22)16-26-23(24-3)27-17-20-7-6-18(2)14-21(20)30-4;/h6-9,14-15H,5,10-13,16-17H2,1-4H3,(H2,24,26,27);1H. The molecule has 2 N–H and O–H groups in total. The van der Waals surface area contributed by atoms with Crippen molar-refractivity contribution in [2.45, 2.75) is 26.9 Å². The average molecular weight is 538 g/mol. The minimum atomic E-state index is 0. The molecule has 0 bridgehead atoms. The molecule has 0 aliphatic carbocycles. The van der Waals surface area contributed by atoms with Crippen LogP contribution in [0, 0.1) is 6.92 Å². The van der Waals surface area contributed by atoms with Gasteiger partial charge < -0.3 is 25.2 Å². The van der Waals surface area contributed by atoms with Crippen LogP contribution in [-0.2, 0) is 13.1 Å². The lowest BCUT2D eigenvalue weighted by atomic mass is 10.1. The van der Waals surface area contributed by atoms with Gasteiger partial charge in [0, 0.05) is 58.1 Å². The summed E-state index contributed by atoms with van der Waals surface area (Å²) in [7, 11) is 3.49. The van der Waals surface area contributed by atoms with Crippen LogP contribution in [0.2, 0.25) is 0 Å². The molecular weight excluding hydrogens is 503 g/mol. The van der Waals surface area contributed by atoms with E-state index in [0.717, 1.165) is 55.8 Å². The fourth-order valence-electron chi connectivity index (χ4n) is 3.62. The van der Waals surface area contributed by atoms with Gasteiger partial charge in [0.2, 0.25) is 0 Å². The van der Waals surface area contributed by atoms with Crippen LogP contribution in [0.3, 0.4) is 0 Å². The van der Waals surface area contributed by atoms with Gasteiger partial charge in [-0.1, -0.05) is 19.1 Å². The number of halogens is 1. The highest BCUT2D eigenvalue weighted by molar-refractivity contribution is 14.0. The molecule has 0 atom stereocenters. The number of aromatic nitrogens is 1. The first-order valence-electron chi connectivity index (χ1n) is 10.6. The third kappa shape index (κ3) is 7.24. The second-order valence-corrected chi connectivity index (χ2v) is 7.54. The number of likely N-dealkylation sites (N-methyl/N-ethyl adjacent to an activating group) is 1. The van der Waals surface area contributed by atoms with Crippen LogP contribution < -0.4 is 20.3 Å². The number of aryl methyl sites for hydroxylation is 1. The predicted molar refractivity (Wildman–Crippen MR) is 139 cm³/mol. The van der Waals surface area contributed by atoms with Crippen LogP contribution in [0.5, 0.6) is 5.75 Å². The smallest absolute Gasteiger partial charge is 0.191 e. The van der Waals surface area contributed by atoms with Crippen molar-refractivity contribution in [1.29, 1.82) is 0 Å². The molecule has 2 aromatic rings. The molecule has 3 rings (SSSR count). The molecule has 8 heteroatoms. The van der Waals surface area contributed by atoms with Crippen molar-refractivity contribution in [3.8, 4) is 5.75 Å². The van der Waals surface area contributed by atoms with E-state index in [1.807, 2.05) is 12.3 Å². The number of ether oxygens (including phenoxy) is 1. The molecule has 0 spiro atoms. The molecule has 1 fully saturated rings. The number of hydrogen-bond donors (Lipinski definition) is 2. The molecule has 170 valence electrons. The highest BCUT2D eigenvalue weighted by Crippen LogP contribution is 2.19. The van der Waals surface area contributed by atoms with Crippen molar-refractivity contribution in [3.05, 3.63) is 53.2 Å². The lowest BCUT2D eigenvalue weighted by Gasteiger charge is -2.34. The molecule has 0 unspecified atom stereocenters. The van der Waals surface area contributed by atoms with Gasteiger partial charge in [-0.25, -0.2) is 4.98 Å². The monoisotopic (exact) mass is 538 g/mol. The van der Waals surface area contributed by atoms with E-state index in [4.69, 9.17) is 4.74 Å². The first-order valence-corrected chi connectivity index (χ1v) is 10.6. The summed E-state index contributed by atoms with van der Waals surface area (Å²) in [6, 6.07) is 10.4. The summed E-state index contributed by atoms with van der Waals surface area (Å²) in [5, 5.41) is 6.76. The molecule has 1 aromatic carbocycles. The van der Waals surface area contributed by atoms with Crippen molar-refractivity contribution in [2.24, 2.45) is 4.99 Å². The normalized spacial score (nSPS) is 14.7. The van der Waals surface area contributed by atoms with Gasteiger partial charge >= 0.3 is 0 Å². The van der Waals surface area contributed by atoms with Gasteiger partial charge in [0.25, 0.3) is 0 Å². The third-order valence-electron chi connectivity index (χ3n) is 5.53. The largest absolute Gasteiger partial charge is 0.496 e. The summed E-state index contributed by atoms with van der Waals surface area (Å²) in [4.78, 5) is 13.8. The Balaban J connectivity index is 0.00000341. The molecule has 31 heavy (non-hydrogen) atoms. The predicted octanol–water partition coefficient (Wildman–Crippen LogP) is 3.02.